The number of amides is 1. The third-order valence-corrected chi connectivity index (χ3v) is 5.13. The van der Waals surface area contributed by atoms with Crippen LogP contribution in [0.4, 0.5) is 6.01 Å². The van der Waals surface area contributed by atoms with Crippen molar-refractivity contribution < 1.29 is 9.21 Å². The highest BCUT2D eigenvalue weighted by Gasteiger charge is 2.29. The van der Waals surface area contributed by atoms with E-state index in [1.165, 1.54) is 0 Å². The van der Waals surface area contributed by atoms with Gasteiger partial charge in [0.1, 0.15) is 5.52 Å². The van der Waals surface area contributed by atoms with Crippen molar-refractivity contribution in [3.05, 3.63) is 41.2 Å². The summed E-state index contributed by atoms with van der Waals surface area (Å²) in [7, 11) is 0. The van der Waals surface area contributed by atoms with Crippen molar-refractivity contribution in [1.29, 1.82) is 0 Å². The van der Waals surface area contributed by atoms with E-state index in [0.29, 0.717) is 44.4 Å². The molecule has 2 aliphatic rings. The number of halogens is 1. The summed E-state index contributed by atoms with van der Waals surface area (Å²) in [6.45, 7) is 4.29. The van der Waals surface area contributed by atoms with Gasteiger partial charge in [-0.2, -0.15) is 10.1 Å². The van der Waals surface area contributed by atoms with Gasteiger partial charge in [-0.25, -0.2) is 0 Å². The molecule has 0 aliphatic carbocycles. The normalized spacial score (nSPS) is 16.9. The number of benzene rings is 1. The highest BCUT2D eigenvalue weighted by atomic mass is 35.5. The molecule has 1 fully saturated rings. The Kier molecular flexibility index (Phi) is 4.75. The molecule has 9 heteroatoms. The Bertz CT molecular complexity index is 927. The average Bonchev–Trinajstić information content (AvgIpc) is 3.32. The van der Waals surface area contributed by atoms with Crippen LogP contribution in [0.3, 0.4) is 0 Å². The lowest BCUT2D eigenvalue weighted by molar-refractivity contribution is 0.0737. The van der Waals surface area contributed by atoms with Gasteiger partial charge in [-0.1, -0.05) is 12.1 Å². The van der Waals surface area contributed by atoms with Crippen molar-refractivity contribution in [2.45, 2.75) is 13.0 Å². The Hall–Kier alpha value is -2.58. The third-order valence-electron chi connectivity index (χ3n) is 5.13. The van der Waals surface area contributed by atoms with Gasteiger partial charge in [0.2, 0.25) is 0 Å². The molecule has 0 unspecified atom stereocenters. The van der Waals surface area contributed by atoms with Gasteiger partial charge in [0.15, 0.2) is 11.3 Å². The SMILES string of the molecule is Cl.O=C(c1n[nH]c2c1CNCC2)N1CCN(c2nc3ccccc3o2)CC1. The zero-order chi connectivity index (χ0) is 17.5. The van der Waals surface area contributed by atoms with Gasteiger partial charge >= 0.3 is 0 Å². The second-order valence-corrected chi connectivity index (χ2v) is 6.70. The van der Waals surface area contributed by atoms with Crippen LogP contribution in [-0.4, -0.2) is 58.7 Å². The number of anilines is 1. The number of para-hydroxylation sites is 2. The van der Waals surface area contributed by atoms with Crippen molar-refractivity contribution in [2.75, 3.05) is 37.6 Å². The number of hydrogen-bond acceptors (Lipinski definition) is 6. The highest BCUT2D eigenvalue weighted by molar-refractivity contribution is 5.94. The van der Waals surface area contributed by atoms with Gasteiger partial charge in [0.05, 0.1) is 0 Å². The van der Waals surface area contributed by atoms with E-state index in [9.17, 15) is 4.79 Å². The summed E-state index contributed by atoms with van der Waals surface area (Å²) >= 11 is 0. The minimum atomic E-state index is 0. The standard InChI is InChI=1S/C18H20N6O2.ClH/c25-17(16-12-11-19-6-5-13(12)21-22-16)23-7-9-24(10-8-23)18-20-14-3-1-2-4-15(14)26-18;/h1-4,19H,5-11H2,(H,21,22);1H. The van der Waals surface area contributed by atoms with Crippen LogP contribution >= 0.6 is 12.4 Å². The molecule has 0 saturated carbocycles. The van der Waals surface area contributed by atoms with E-state index < -0.39 is 0 Å². The Balaban J connectivity index is 0.00000180. The molecule has 1 aromatic carbocycles. The fraction of sp³-hybridized carbons (Fsp3) is 0.389. The summed E-state index contributed by atoms with van der Waals surface area (Å²) in [6.07, 6.45) is 0.890. The van der Waals surface area contributed by atoms with Crippen molar-refractivity contribution in [1.82, 2.24) is 25.4 Å². The Morgan fingerprint density at radius 1 is 1.15 bits per heavy atom. The molecular weight excluding hydrogens is 368 g/mol. The minimum absolute atomic E-state index is 0. The largest absolute Gasteiger partial charge is 0.423 e. The summed E-state index contributed by atoms with van der Waals surface area (Å²) in [5.41, 5.74) is 4.30. The molecule has 0 spiro atoms. The first-order chi connectivity index (χ1) is 12.8. The van der Waals surface area contributed by atoms with Crippen LogP contribution < -0.4 is 10.2 Å². The molecule has 1 amide bonds. The van der Waals surface area contributed by atoms with E-state index in [1.807, 2.05) is 29.2 Å². The summed E-state index contributed by atoms with van der Waals surface area (Å²) in [5.74, 6) is 0.00316. The molecule has 4 heterocycles. The first-order valence-electron chi connectivity index (χ1n) is 8.96. The molecule has 2 aliphatic heterocycles. The molecule has 8 nitrogen and oxygen atoms in total. The fourth-order valence-electron chi connectivity index (χ4n) is 3.65. The third kappa shape index (κ3) is 3.15. The van der Waals surface area contributed by atoms with Gasteiger partial charge in [0.25, 0.3) is 11.9 Å². The van der Waals surface area contributed by atoms with E-state index in [1.54, 1.807) is 0 Å². The molecular formula is C18H21ClN6O2. The van der Waals surface area contributed by atoms with E-state index in [0.717, 1.165) is 35.3 Å². The van der Waals surface area contributed by atoms with E-state index >= 15 is 0 Å². The van der Waals surface area contributed by atoms with Gasteiger partial charge in [-0.15, -0.1) is 12.4 Å². The number of nitrogens with zero attached hydrogens (tertiary/aromatic N) is 4. The predicted octanol–water partition coefficient (Wildman–Crippen LogP) is 1.58. The zero-order valence-corrected chi connectivity index (χ0v) is 15.6. The summed E-state index contributed by atoms with van der Waals surface area (Å²) in [6, 6.07) is 8.37. The number of fused-ring (bicyclic) bond motifs is 2. The second-order valence-electron chi connectivity index (χ2n) is 6.70. The number of rotatable bonds is 2. The molecule has 0 bridgehead atoms. The Morgan fingerprint density at radius 3 is 2.78 bits per heavy atom. The van der Waals surface area contributed by atoms with Crippen LogP contribution in [0.25, 0.3) is 11.1 Å². The number of carbonyl (C=O) groups excluding carboxylic acids is 1. The molecule has 142 valence electrons. The quantitative estimate of drug-likeness (QED) is 0.692. The number of carbonyl (C=O) groups is 1. The monoisotopic (exact) mass is 388 g/mol. The Labute approximate surface area is 162 Å². The lowest BCUT2D eigenvalue weighted by Crippen LogP contribution is -2.49. The van der Waals surface area contributed by atoms with Crippen molar-refractivity contribution in [3.63, 3.8) is 0 Å². The first-order valence-corrected chi connectivity index (χ1v) is 8.96. The lowest BCUT2D eigenvalue weighted by atomic mass is 10.1. The Morgan fingerprint density at radius 2 is 1.96 bits per heavy atom. The summed E-state index contributed by atoms with van der Waals surface area (Å²) in [5, 5.41) is 10.6. The number of oxazole rings is 1. The number of aromatic amines is 1. The van der Waals surface area contributed by atoms with Crippen LogP contribution in [0.1, 0.15) is 21.7 Å². The van der Waals surface area contributed by atoms with Crippen LogP contribution in [0.5, 0.6) is 0 Å². The second kappa shape index (κ2) is 7.21. The maximum absolute atomic E-state index is 12.9. The van der Waals surface area contributed by atoms with Gasteiger partial charge in [0, 0.05) is 56.9 Å². The van der Waals surface area contributed by atoms with Crippen molar-refractivity contribution >= 4 is 35.4 Å². The molecule has 3 aromatic rings. The van der Waals surface area contributed by atoms with E-state index in [-0.39, 0.29) is 18.3 Å². The topological polar surface area (TPSA) is 90.3 Å². The molecule has 5 rings (SSSR count). The van der Waals surface area contributed by atoms with E-state index in [2.05, 4.69) is 25.4 Å². The number of nitrogens with one attached hydrogen (secondary N) is 2. The van der Waals surface area contributed by atoms with E-state index in [4.69, 9.17) is 4.42 Å². The predicted molar refractivity (Wildman–Crippen MR) is 103 cm³/mol. The number of H-pyrrole nitrogens is 1. The maximum Gasteiger partial charge on any atom is 0.298 e. The molecule has 1 saturated heterocycles. The molecule has 27 heavy (non-hydrogen) atoms. The number of piperazine rings is 1. The van der Waals surface area contributed by atoms with Gasteiger partial charge in [-0.05, 0) is 12.1 Å². The average molecular weight is 389 g/mol. The van der Waals surface area contributed by atoms with Crippen LogP contribution in [0.2, 0.25) is 0 Å². The first kappa shape index (κ1) is 17.8. The number of aromatic nitrogens is 3. The lowest BCUT2D eigenvalue weighted by Gasteiger charge is -2.33. The van der Waals surface area contributed by atoms with Crippen LogP contribution in [0, 0.1) is 0 Å². The van der Waals surface area contributed by atoms with Crippen LogP contribution in [0.15, 0.2) is 28.7 Å². The van der Waals surface area contributed by atoms with Gasteiger partial charge < -0.3 is 19.5 Å². The van der Waals surface area contributed by atoms with Crippen LogP contribution in [-0.2, 0) is 13.0 Å². The van der Waals surface area contributed by atoms with Crippen molar-refractivity contribution in [3.8, 4) is 0 Å². The summed E-state index contributed by atoms with van der Waals surface area (Å²) < 4.78 is 5.84. The fourth-order valence-corrected chi connectivity index (χ4v) is 3.65. The zero-order valence-electron chi connectivity index (χ0n) is 14.8. The van der Waals surface area contributed by atoms with Gasteiger partial charge in [-0.3, -0.25) is 9.89 Å². The molecule has 0 radical (unpaired) electrons. The smallest absolute Gasteiger partial charge is 0.298 e. The molecule has 2 aromatic heterocycles. The highest BCUT2D eigenvalue weighted by Crippen LogP contribution is 2.23. The molecule has 2 N–H and O–H groups in total. The minimum Gasteiger partial charge on any atom is -0.423 e. The number of hydrogen-bond donors (Lipinski definition) is 2. The van der Waals surface area contributed by atoms with Crippen molar-refractivity contribution in [2.24, 2.45) is 0 Å². The summed E-state index contributed by atoms with van der Waals surface area (Å²) in [4.78, 5) is 21.4. The maximum atomic E-state index is 12.9. The molecule has 0 atom stereocenters.